The van der Waals surface area contributed by atoms with E-state index in [1.807, 2.05) is 35.1 Å². The quantitative estimate of drug-likeness (QED) is 0.710. The third-order valence-electron chi connectivity index (χ3n) is 3.62. The van der Waals surface area contributed by atoms with E-state index in [9.17, 15) is 4.79 Å². The van der Waals surface area contributed by atoms with Crippen LogP contribution in [0, 0.1) is 0 Å². The number of benzene rings is 2. The van der Waals surface area contributed by atoms with Crippen LogP contribution in [0.3, 0.4) is 0 Å². The van der Waals surface area contributed by atoms with E-state index >= 15 is 0 Å². The third-order valence-corrected chi connectivity index (χ3v) is 3.62. The summed E-state index contributed by atoms with van der Waals surface area (Å²) in [7, 11) is 0. The van der Waals surface area contributed by atoms with E-state index in [0.717, 1.165) is 18.5 Å². The van der Waals surface area contributed by atoms with Gasteiger partial charge in [-0.25, -0.2) is 0 Å². The van der Waals surface area contributed by atoms with Crippen molar-refractivity contribution in [3.63, 3.8) is 0 Å². The Labute approximate surface area is 129 Å². The van der Waals surface area contributed by atoms with Gasteiger partial charge in [0.1, 0.15) is 0 Å². The van der Waals surface area contributed by atoms with Gasteiger partial charge in [-0.05, 0) is 28.8 Å². The molecule has 1 amide bonds. The molecule has 3 aromatic rings. The van der Waals surface area contributed by atoms with E-state index in [-0.39, 0.29) is 5.91 Å². The lowest BCUT2D eigenvalue weighted by molar-refractivity contribution is -0.120. The highest BCUT2D eigenvalue weighted by Crippen LogP contribution is 2.15. The summed E-state index contributed by atoms with van der Waals surface area (Å²) in [6.45, 7) is 1.50. The minimum atomic E-state index is 0.0655. The number of carbonyl (C=O) groups excluding carboxylic acids is 1. The summed E-state index contributed by atoms with van der Waals surface area (Å²) in [6.07, 6.45) is 4.99. The van der Waals surface area contributed by atoms with E-state index in [0.29, 0.717) is 13.0 Å². The minimum Gasteiger partial charge on any atom is -0.356 e. The summed E-state index contributed by atoms with van der Waals surface area (Å²) in [5, 5.41) is 9.47. The highest BCUT2D eigenvalue weighted by molar-refractivity contribution is 5.85. The average molecular weight is 293 g/mol. The molecule has 4 heteroatoms. The van der Waals surface area contributed by atoms with Gasteiger partial charge in [-0.1, -0.05) is 42.5 Å². The second kappa shape index (κ2) is 6.89. The highest BCUT2D eigenvalue weighted by atomic mass is 16.1. The molecule has 112 valence electrons. The molecule has 0 saturated heterocycles. The number of hydrogen-bond donors (Lipinski definition) is 1. The summed E-state index contributed by atoms with van der Waals surface area (Å²) in [5.41, 5.74) is 1.04. The number of aryl methyl sites for hydroxylation is 1. The Morgan fingerprint density at radius 2 is 1.95 bits per heavy atom. The minimum absolute atomic E-state index is 0.0655. The van der Waals surface area contributed by atoms with Gasteiger partial charge >= 0.3 is 0 Å². The number of hydrogen-bond acceptors (Lipinski definition) is 2. The van der Waals surface area contributed by atoms with Crippen LogP contribution in [-0.4, -0.2) is 22.2 Å². The van der Waals surface area contributed by atoms with Gasteiger partial charge < -0.3 is 5.32 Å². The number of nitrogens with zero attached hydrogens (tertiary/aromatic N) is 2. The molecule has 0 aliphatic carbocycles. The van der Waals surface area contributed by atoms with Gasteiger partial charge in [0.05, 0.1) is 6.42 Å². The molecule has 0 unspecified atom stereocenters. The second-order valence-electron chi connectivity index (χ2n) is 5.33. The van der Waals surface area contributed by atoms with Crippen molar-refractivity contribution in [2.24, 2.45) is 0 Å². The normalized spacial score (nSPS) is 10.7. The molecule has 4 nitrogen and oxygen atoms in total. The number of nitrogens with one attached hydrogen (secondary N) is 1. The summed E-state index contributed by atoms with van der Waals surface area (Å²) >= 11 is 0. The molecule has 2 aromatic carbocycles. The van der Waals surface area contributed by atoms with E-state index < -0.39 is 0 Å². The van der Waals surface area contributed by atoms with Crippen molar-refractivity contribution in [2.75, 3.05) is 6.54 Å². The molecule has 3 rings (SSSR count). The van der Waals surface area contributed by atoms with Crippen molar-refractivity contribution in [3.05, 3.63) is 66.5 Å². The highest BCUT2D eigenvalue weighted by Gasteiger charge is 2.04. The number of fused-ring (bicyclic) bond motifs is 1. The maximum Gasteiger partial charge on any atom is 0.224 e. The molecular formula is C18H19N3O. The predicted molar refractivity (Wildman–Crippen MR) is 87.5 cm³/mol. The second-order valence-corrected chi connectivity index (χ2v) is 5.33. The molecule has 0 spiro atoms. The first-order chi connectivity index (χ1) is 10.8. The van der Waals surface area contributed by atoms with Gasteiger partial charge in [0.2, 0.25) is 5.91 Å². The SMILES string of the molecule is O=C(Cc1ccc2ccccc2c1)NCCCn1cccn1. The smallest absolute Gasteiger partial charge is 0.224 e. The number of rotatable bonds is 6. The number of amides is 1. The summed E-state index contributed by atoms with van der Waals surface area (Å²) in [4.78, 5) is 12.0. The topological polar surface area (TPSA) is 46.9 Å². The molecule has 0 aliphatic heterocycles. The van der Waals surface area contributed by atoms with E-state index in [2.05, 4.69) is 34.7 Å². The van der Waals surface area contributed by atoms with Crippen molar-refractivity contribution in [1.29, 1.82) is 0 Å². The number of carbonyl (C=O) groups is 1. The van der Waals surface area contributed by atoms with Crippen molar-refractivity contribution in [2.45, 2.75) is 19.4 Å². The van der Waals surface area contributed by atoms with Gasteiger partial charge in [-0.15, -0.1) is 0 Å². The molecule has 1 aromatic heterocycles. The third kappa shape index (κ3) is 3.73. The van der Waals surface area contributed by atoms with Crippen LogP contribution >= 0.6 is 0 Å². The summed E-state index contributed by atoms with van der Waals surface area (Å²) < 4.78 is 1.87. The standard InChI is InChI=1S/C18H19N3O/c22-18(19-9-3-11-21-12-4-10-20-21)14-15-7-8-16-5-1-2-6-17(16)13-15/h1-2,4-8,10,12-13H,3,9,11,14H2,(H,19,22). The Morgan fingerprint density at radius 3 is 2.77 bits per heavy atom. The molecule has 0 saturated carbocycles. The van der Waals surface area contributed by atoms with Crippen LogP contribution in [0.25, 0.3) is 10.8 Å². The first kappa shape index (κ1) is 14.3. The Hall–Kier alpha value is -2.62. The van der Waals surface area contributed by atoms with Gasteiger partial charge in [-0.2, -0.15) is 5.10 Å². The van der Waals surface area contributed by atoms with Gasteiger partial charge in [-0.3, -0.25) is 9.48 Å². The fourth-order valence-electron chi connectivity index (χ4n) is 2.50. The van der Waals surface area contributed by atoms with Crippen LogP contribution in [0.15, 0.2) is 60.9 Å². The molecular weight excluding hydrogens is 274 g/mol. The molecule has 0 atom stereocenters. The lowest BCUT2D eigenvalue weighted by Gasteiger charge is -2.06. The van der Waals surface area contributed by atoms with Crippen molar-refractivity contribution in [1.82, 2.24) is 15.1 Å². The van der Waals surface area contributed by atoms with Gasteiger partial charge in [0, 0.05) is 25.5 Å². The summed E-state index contributed by atoms with van der Waals surface area (Å²) in [5.74, 6) is 0.0655. The number of aromatic nitrogens is 2. The maximum atomic E-state index is 12.0. The maximum absolute atomic E-state index is 12.0. The Balaban J connectivity index is 1.48. The van der Waals surface area contributed by atoms with E-state index in [1.165, 1.54) is 10.8 Å². The Bertz CT molecular complexity index is 750. The van der Waals surface area contributed by atoms with Gasteiger partial charge in [0.15, 0.2) is 0 Å². The summed E-state index contributed by atoms with van der Waals surface area (Å²) in [6, 6.07) is 16.3. The monoisotopic (exact) mass is 293 g/mol. The average Bonchev–Trinajstić information content (AvgIpc) is 3.05. The van der Waals surface area contributed by atoms with Crippen molar-refractivity contribution in [3.8, 4) is 0 Å². The lowest BCUT2D eigenvalue weighted by Crippen LogP contribution is -2.26. The molecule has 0 aliphatic rings. The molecule has 22 heavy (non-hydrogen) atoms. The molecule has 0 radical (unpaired) electrons. The van der Waals surface area contributed by atoms with Crippen LogP contribution in [0.5, 0.6) is 0 Å². The molecule has 0 bridgehead atoms. The van der Waals surface area contributed by atoms with Crippen molar-refractivity contribution >= 4 is 16.7 Å². The predicted octanol–water partition coefficient (Wildman–Crippen LogP) is 2.79. The van der Waals surface area contributed by atoms with E-state index in [4.69, 9.17) is 0 Å². The van der Waals surface area contributed by atoms with Crippen LogP contribution < -0.4 is 5.32 Å². The largest absolute Gasteiger partial charge is 0.356 e. The molecule has 0 fully saturated rings. The Kier molecular flexibility index (Phi) is 4.49. The first-order valence-corrected chi connectivity index (χ1v) is 7.53. The van der Waals surface area contributed by atoms with Gasteiger partial charge in [0.25, 0.3) is 0 Å². The van der Waals surface area contributed by atoms with Crippen LogP contribution in [0.2, 0.25) is 0 Å². The zero-order valence-electron chi connectivity index (χ0n) is 12.4. The zero-order valence-corrected chi connectivity index (χ0v) is 12.4. The van der Waals surface area contributed by atoms with Crippen LogP contribution in [-0.2, 0) is 17.8 Å². The lowest BCUT2D eigenvalue weighted by atomic mass is 10.0. The van der Waals surface area contributed by atoms with Crippen LogP contribution in [0.4, 0.5) is 0 Å². The Morgan fingerprint density at radius 1 is 1.09 bits per heavy atom. The van der Waals surface area contributed by atoms with E-state index in [1.54, 1.807) is 6.20 Å². The fourth-order valence-corrected chi connectivity index (χ4v) is 2.50. The van der Waals surface area contributed by atoms with Crippen molar-refractivity contribution < 1.29 is 4.79 Å². The first-order valence-electron chi connectivity index (χ1n) is 7.53. The molecule has 1 heterocycles. The molecule has 1 N–H and O–H groups in total. The zero-order chi connectivity index (χ0) is 15.2. The fraction of sp³-hybridized carbons (Fsp3) is 0.222. The van der Waals surface area contributed by atoms with Crippen LogP contribution in [0.1, 0.15) is 12.0 Å².